The van der Waals surface area contributed by atoms with Crippen LogP contribution < -0.4 is 14.8 Å². The van der Waals surface area contributed by atoms with Crippen molar-refractivity contribution in [1.82, 2.24) is 5.32 Å². The lowest BCUT2D eigenvalue weighted by Crippen LogP contribution is -2.37. The van der Waals surface area contributed by atoms with Crippen molar-refractivity contribution in [2.75, 3.05) is 19.8 Å². The molecule has 1 N–H and O–H groups in total. The Morgan fingerprint density at radius 3 is 2.48 bits per heavy atom. The molecule has 1 heterocycles. The van der Waals surface area contributed by atoms with E-state index < -0.39 is 0 Å². The van der Waals surface area contributed by atoms with E-state index in [1.165, 1.54) is 0 Å². The summed E-state index contributed by atoms with van der Waals surface area (Å²) < 4.78 is 11.2. The first-order valence-electron chi connectivity index (χ1n) is 8.35. The summed E-state index contributed by atoms with van der Waals surface area (Å²) in [6, 6.07) is 13.3. The molecule has 25 heavy (non-hydrogen) atoms. The van der Waals surface area contributed by atoms with E-state index in [0.29, 0.717) is 31.2 Å². The van der Waals surface area contributed by atoms with Crippen LogP contribution in [0.1, 0.15) is 25.0 Å². The second-order valence-electron chi connectivity index (χ2n) is 6.82. The number of benzene rings is 2. The van der Waals surface area contributed by atoms with Crippen LogP contribution in [0.3, 0.4) is 0 Å². The van der Waals surface area contributed by atoms with Gasteiger partial charge in [-0.05, 0) is 35.4 Å². The lowest BCUT2D eigenvalue weighted by Gasteiger charge is -2.28. The number of halogens is 1. The quantitative estimate of drug-likeness (QED) is 0.884. The molecule has 0 spiro atoms. The van der Waals surface area contributed by atoms with Gasteiger partial charge in [0.05, 0.1) is 6.42 Å². The standard InChI is InChI=1S/C20H22ClNO3/c1-20(2,15-5-8-17-18(12-15)25-10-9-24-17)13-22-19(23)11-14-3-6-16(21)7-4-14/h3-8,12H,9-11,13H2,1-2H3,(H,22,23). The van der Waals surface area contributed by atoms with Crippen molar-refractivity contribution in [2.24, 2.45) is 0 Å². The van der Waals surface area contributed by atoms with Crippen molar-refractivity contribution in [3.05, 3.63) is 58.6 Å². The molecule has 0 saturated heterocycles. The van der Waals surface area contributed by atoms with E-state index >= 15 is 0 Å². The molecule has 1 amide bonds. The number of ether oxygens (including phenoxy) is 2. The Balaban J connectivity index is 1.61. The Hall–Kier alpha value is -2.20. The zero-order valence-corrected chi connectivity index (χ0v) is 15.2. The first-order chi connectivity index (χ1) is 11.9. The van der Waals surface area contributed by atoms with E-state index in [2.05, 4.69) is 19.2 Å². The first-order valence-corrected chi connectivity index (χ1v) is 8.73. The highest BCUT2D eigenvalue weighted by Gasteiger charge is 2.24. The molecule has 1 aliphatic heterocycles. The molecule has 0 bridgehead atoms. The van der Waals surface area contributed by atoms with Crippen LogP contribution in [-0.4, -0.2) is 25.7 Å². The zero-order valence-electron chi connectivity index (χ0n) is 14.5. The molecule has 0 saturated carbocycles. The van der Waals surface area contributed by atoms with Crippen molar-refractivity contribution >= 4 is 17.5 Å². The number of hydrogen-bond acceptors (Lipinski definition) is 3. The normalized spacial score (nSPS) is 13.4. The summed E-state index contributed by atoms with van der Waals surface area (Å²) in [7, 11) is 0. The van der Waals surface area contributed by atoms with Gasteiger partial charge < -0.3 is 14.8 Å². The number of carbonyl (C=O) groups excluding carboxylic acids is 1. The van der Waals surface area contributed by atoms with E-state index in [1.54, 1.807) is 12.1 Å². The summed E-state index contributed by atoms with van der Waals surface area (Å²) >= 11 is 5.87. The van der Waals surface area contributed by atoms with Crippen LogP contribution in [0, 0.1) is 0 Å². The molecule has 0 aliphatic carbocycles. The van der Waals surface area contributed by atoms with E-state index in [4.69, 9.17) is 21.1 Å². The number of rotatable bonds is 5. The smallest absolute Gasteiger partial charge is 0.224 e. The lowest BCUT2D eigenvalue weighted by atomic mass is 9.84. The second-order valence-corrected chi connectivity index (χ2v) is 7.26. The molecule has 2 aromatic carbocycles. The molecule has 132 valence electrons. The molecule has 2 aromatic rings. The highest BCUT2D eigenvalue weighted by Crippen LogP contribution is 2.34. The molecule has 0 unspecified atom stereocenters. The molecule has 5 heteroatoms. The SMILES string of the molecule is CC(C)(CNC(=O)Cc1ccc(Cl)cc1)c1ccc2c(c1)OCCO2. The monoisotopic (exact) mass is 359 g/mol. The highest BCUT2D eigenvalue weighted by atomic mass is 35.5. The molecule has 3 rings (SSSR count). The van der Waals surface area contributed by atoms with Crippen LogP contribution in [0.4, 0.5) is 0 Å². The summed E-state index contributed by atoms with van der Waals surface area (Å²) in [5.41, 5.74) is 1.83. The van der Waals surface area contributed by atoms with Gasteiger partial charge in [-0.1, -0.05) is 43.6 Å². The number of amides is 1. The maximum atomic E-state index is 12.2. The van der Waals surface area contributed by atoms with Crippen molar-refractivity contribution in [3.8, 4) is 11.5 Å². The first kappa shape index (κ1) is 17.6. The van der Waals surface area contributed by atoms with Crippen LogP contribution in [0.2, 0.25) is 5.02 Å². The largest absolute Gasteiger partial charge is 0.486 e. The minimum Gasteiger partial charge on any atom is -0.486 e. The number of fused-ring (bicyclic) bond motifs is 1. The Kier molecular flexibility index (Phi) is 5.19. The molecular weight excluding hydrogens is 338 g/mol. The van der Waals surface area contributed by atoms with Gasteiger partial charge >= 0.3 is 0 Å². The van der Waals surface area contributed by atoms with Gasteiger partial charge in [0.15, 0.2) is 11.5 Å². The predicted molar refractivity (Wildman–Crippen MR) is 98.6 cm³/mol. The molecule has 0 radical (unpaired) electrons. The summed E-state index contributed by atoms with van der Waals surface area (Å²) in [4.78, 5) is 12.2. The lowest BCUT2D eigenvalue weighted by molar-refractivity contribution is -0.120. The van der Waals surface area contributed by atoms with Crippen LogP contribution in [-0.2, 0) is 16.6 Å². The number of nitrogens with one attached hydrogen (secondary N) is 1. The maximum Gasteiger partial charge on any atom is 0.224 e. The van der Waals surface area contributed by atoms with Gasteiger partial charge in [-0.15, -0.1) is 0 Å². The average molecular weight is 360 g/mol. The van der Waals surface area contributed by atoms with Crippen molar-refractivity contribution in [3.63, 3.8) is 0 Å². The molecule has 0 aromatic heterocycles. The van der Waals surface area contributed by atoms with Crippen LogP contribution in [0.15, 0.2) is 42.5 Å². The van der Waals surface area contributed by atoms with Gasteiger partial charge in [0.25, 0.3) is 0 Å². The molecule has 0 fully saturated rings. The summed E-state index contributed by atoms with van der Waals surface area (Å²) in [5, 5.41) is 3.69. The minimum atomic E-state index is -0.217. The fourth-order valence-corrected chi connectivity index (χ4v) is 2.86. The Morgan fingerprint density at radius 1 is 1.08 bits per heavy atom. The van der Waals surface area contributed by atoms with Gasteiger partial charge in [0.2, 0.25) is 5.91 Å². The summed E-state index contributed by atoms with van der Waals surface area (Å²) in [6.07, 6.45) is 0.342. The van der Waals surface area contributed by atoms with Gasteiger partial charge in [-0.25, -0.2) is 0 Å². The molecular formula is C20H22ClNO3. The van der Waals surface area contributed by atoms with Gasteiger partial charge in [0, 0.05) is 17.0 Å². The Labute approximate surface area is 153 Å². The molecule has 4 nitrogen and oxygen atoms in total. The van der Waals surface area contributed by atoms with Crippen LogP contribution in [0.25, 0.3) is 0 Å². The Bertz CT molecular complexity index is 756. The van der Waals surface area contributed by atoms with Gasteiger partial charge in [-0.2, -0.15) is 0 Å². The van der Waals surface area contributed by atoms with Crippen LogP contribution >= 0.6 is 11.6 Å². The number of carbonyl (C=O) groups is 1. The van der Waals surface area contributed by atoms with Gasteiger partial charge in [0.1, 0.15) is 13.2 Å². The third-order valence-corrected chi connectivity index (χ3v) is 4.58. The van der Waals surface area contributed by atoms with E-state index in [-0.39, 0.29) is 11.3 Å². The fourth-order valence-electron chi connectivity index (χ4n) is 2.74. The minimum absolute atomic E-state index is 0.00654. The van der Waals surface area contributed by atoms with Crippen molar-refractivity contribution in [1.29, 1.82) is 0 Å². The average Bonchev–Trinajstić information content (AvgIpc) is 2.62. The topological polar surface area (TPSA) is 47.6 Å². The molecule has 0 atom stereocenters. The summed E-state index contributed by atoms with van der Waals surface area (Å²) in [5.74, 6) is 1.54. The van der Waals surface area contributed by atoms with E-state index in [1.807, 2.05) is 30.3 Å². The third-order valence-electron chi connectivity index (χ3n) is 4.33. The van der Waals surface area contributed by atoms with Crippen molar-refractivity contribution < 1.29 is 14.3 Å². The fraction of sp³-hybridized carbons (Fsp3) is 0.350. The van der Waals surface area contributed by atoms with E-state index in [0.717, 1.165) is 22.6 Å². The number of hydrogen-bond donors (Lipinski definition) is 1. The zero-order chi connectivity index (χ0) is 17.9. The Morgan fingerprint density at radius 2 is 1.76 bits per heavy atom. The summed E-state index contributed by atoms with van der Waals surface area (Å²) in [6.45, 7) is 5.88. The third kappa shape index (κ3) is 4.45. The highest BCUT2D eigenvalue weighted by molar-refractivity contribution is 6.30. The molecule has 1 aliphatic rings. The van der Waals surface area contributed by atoms with E-state index in [9.17, 15) is 4.79 Å². The second kappa shape index (κ2) is 7.36. The predicted octanol–water partition coefficient (Wildman–Crippen LogP) is 3.75. The van der Waals surface area contributed by atoms with Crippen LogP contribution in [0.5, 0.6) is 11.5 Å². The van der Waals surface area contributed by atoms with Gasteiger partial charge in [-0.3, -0.25) is 4.79 Å². The van der Waals surface area contributed by atoms with Crippen molar-refractivity contribution in [2.45, 2.75) is 25.7 Å². The maximum absolute atomic E-state index is 12.2.